The molecule has 0 aliphatic heterocycles. The quantitative estimate of drug-likeness (QED) is 0.322. The lowest BCUT2D eigenvalue weighted by atomic mass is 9.93. The highest BCUT2D eigenvalue weighted by Crippen LogP contribution is 2.18. The number of pyridine rings is 1. The maximum atomic E-state index is 9.63. The summed E-state index contributed by atoms with van der Waals surface area (Å²) in [5.74, 6) is 1.86. The first kappa shape index (κ1) is 23.0. The Bertz CT molecular complexity index is 525. The van der Waals surface area contributed by atoms with E-state index in [2.05, 4.69) is 58.4 Å². The molecular weight excluding hydrogens is 441 g/mol. The molecule has 0 saturated heterocycles. The van der Waals surface area contributed by atoms with Crippen LogP contribution in [0.3, 0.4) is 0 Å². The normalized spacial score (nSPS) is 20.2. The number of rotatable bonds is 7. The topological polar surface area (TPSA) is 72.8 Å². The highest BCUT2D eigenvalue weighted by molar-refractivity contribution is 14.0. The average Bonchev–Trinajstić information content (AvgIpc) is 2.64. The van der Waals surface area contributed by atoms with Crippen molar-refractivity contribution in [2.24, 2.45) is 4.99 Å². The predicted molar refractivity (Wildman–Crippen MR) is 119 cm³/mol. The zero-order valence-electron chi connectivity index (χ0n) is 16.2. The van der Waals surface area contributed by atoms with Gasteiger partial charge in [-0.15, -0.1) is 24.0 Å². The van der Waals surface area contributed by atoms with Crippen molar-refractivity contribution in [2.75, 3.05) is 24.5 Å². The van der Waals surface area contributed by atoms with Crippen LogP contribution in [0.4, 0.5) is 5.82 Å². The number of hydrogen-bond acceptors (Lipinski definition) is 4. The second-order valence-corrected chi connectivity index (χ2v) is 6.54. The highest BCUT2D eigenvalue weighted by atomic mass is 127. The molecule has 1 aromatic heterocycles. The van der Waals surface area contributed by atoms with E-state index in [9.17, 15) is 5.11 Å². The highest BCUT2D eigenvalue weighted by Gasteiger charge is 2.19. The van der Waals surface area contributed by atoms with Crippen molar-refractivity contribution < 1.29 is 5.11 Å². The fourth-order valence-corrected chi connectivity index (χ4v) is 3.15. The van der Waals surface area contributed by atoms with Gasteiger partial charge in [-0.3, -0.25) is 0 Å². The second-order valence-electron chi connectivity index (χ2n) is 6.54. The molecule has 6 nitrogen and oxygen atoms in total. The first-order chi connectivity index (χ1) is 12.2. The van der Waals surface area contributed by atoms with Gasteiger partial charge in [-0.05, 0) is 58.1 Å². The number of anilines is 1. The van der Waals surface area contributed by atoms with Crippen molar-refractivity contribution in [1.29, 1.82) is 0 Å². The van der Waals surface area contributed by atoms with Crippen LogP contribution in [0.25, 0.3) is 0 Å². The molecule has 1 aliphatic rings. The Hall–Kier alpha value is -1.09. The van der Waals surface area contributed by atoms with Crippen molar-refractivity contribution in [3.63, 3.8) is 0 Å². The number of halogens is 1. The molecule has 1 heterocycles. The summed E-state index contributed by atoms with van der Waals surface area (Å²) in [7, 11) is 0. The van der Waals surface area contributed by atoms with Crippen LogP contribution >= 0.6 is 24.0 Å². The fourth-order valence-electron chi connectivity index (χ4n) is 3.15. The standard InChI is InChI=1S/C19H33N5O.HI/c1-4-20-19(23-16-8-10-17(25)11-9-16)22-14-15-7-12-18(21-13-15)24(5-2)6-3;/h7,12-13,16-17,25H,4-6,8-11,14H2,1-3H3,(H2,20,22,23);1H. The van der Waals surface area contributed by atoms with Gasteiger partial charge in [0, 0.05) is 31.9 Å². The van der Waals surface area contributed by atoms with Gasteiger partial charge in [0.15, 0.2) is 5.96 Å². The molecule has 0 unspecified atom stereocenters. The zero-order chi connectivity index (χ0) is 18.1. The molecular formula is C19H34IN5O. The molecule has 1 aliphatic carbocycles. The van der Waals surface area contributed by atoms with Gasteiger partial charge in [-0.1, -0.05) is 6.07 Å². The van der Waals surface area contributed by atoms with Crippen molar-refractivity contribution in [3.8, 4) is 0 Å². The number of aliphatic imine (C=N–C) groups is 1. The monoisotopic (exact) mass is 475 g/mol. The molecule has 0 radical (unpaired) electrons. The Morgan fingerprint density at radius 1 is 1.19 bits per heavy atom. The van der Waals surface area contributed by atoms with Crippen molar-refractivity contribution in [1.82, 2.24) is 15.6 Å². The van der Waals surface area contributed by atoms with E-state index in [1.165, 1.54) is 0 Å². The molecule has 0 atom stereocenters. The van der Waals surface area contributed by atoms with Crippen LogP contribution in [-0.4, -0.2) is 47.8 Å². The minimum atomic E-state index is -0.132. The summed E-state index contributed by atoms with van der Waals surface area (Å²) in [6.07, 6.45) is 5.50. The molecule has 1 saturated carbocycles. The number of nitrogens with zero attached hydrogens (tertiary/aromatic N) is 3. The maximum Gasteiger partial charge on any atom is 0.191 e. The largest absolute Gasteiger partial charge is 0.393 e. The molecule has 26 heavy (non-hydrogen) atoms. The maximum absolute atomic E-state index is 9.63. The number of hydrogen-bond donors (Lipinski definition) is 3. The number of aliphatic hydroxyl groups is 1. The van der Waals surface area contributed by atoms with E-state index < -0.39 is 0 Å². The van der Waals surface area contributed by atoms with Crippen LogP contribution in [0, 0.1) is 0 Å². The summed E-state index contributed by atoms with van der Waals surface area (Å²) in [5, 5.41) is 16.4. The van der Waals surface area contributed by atoms with Crippen LogP contribution in [-0.2, 0) is 6.54 Å². The number of aromatic nitrogens is 1. The number of aliphatic hydroxyl groups excluding tert-OH is 1. The van der Waals surface area contributed by atoms with Gasteiger partial charge in [0.05, 0.1) is 12.6 Å². The molecule has 3 N–H and O–H groups in total. The minimum absolute atomic E-state index is 0. The van der Waals surface area contributed by atoms with E-state index in [0.717, 1.165) is 62.7 Å². The van der Waals surface area contributed by atoms with Crippen molar-refractivity contribution in [3.05, 3.63) is 23.9 Å². The SMILES string of the molecule is CCNC(=NCc1ccc(N(CC)CC)nc1)NC1CCC(O)CC1.I. The van der Waals surface area contributed by atoms with Crippen molar-refractivity contribution in [2.45, 2.75) is 65.1 Å². The van der Waals surface area contributed by atoms with Gasteiger partial charge >= 0.3 is 0 Å². The summed E-state index contributed by atoms with van der Waals surface area (Å²) in [4.78, 5) is 11.5. The van der Waals surface area contributed by atoms with Gasteiger partial charge in [0.1, 0.15) is 5.82 Å². The predicted octanol–water partition coefficient (Wildman–Crippen LogP) is 2.90. The van der Waals surface area contributed by atoms with E-state index in [1.807, 2.05) is 6.20 Å². The van der Waals surface area contributed by atoms with Gasteiger partial charge in [0.2, 0.25) is 0 Å². The molecule has 7 heteroatoms. The molecule has 0 bridgehead atoms. The van der Waals surface area contributed by atoms with Gasteiger partial charge in [-0.2, -0.15) is 0 Å². The Morgan fingerprint density at radius 3 is 2.42 bits per heavy atom. The Morgan fingerprint density at radius 2 is 1.88 bits per heavy atom. The summed E-state index contributed by atoms with van der Waals surface area (Å²) < 4.78 is 0. The summed E-state index contributed by atoms with van der Waals surface area (Å²) in [5.41, 5.74) is 1.10. The molecule has 0 aromatic carbocycles. The van der Waals surface area contributed by atoms with E-state index in [4.69, 9.17) is 0 Å². The molecule has 2 rings (SSSR count). The lowest BCUT2D eigenvalue weighted by molar-refractivity contribution is 0.120. The average molecular weight is 475 g/mol. The molecule has 0 amide bonds. The van der Waals surface area contributed by atoms with E-state index in [-0.39, 0.29) is 30.1 Å². The molecule has 1 fully saturated rings. The van der Waals surface area contributed by atoms with Crippen LogP contribution in [0.2, 0.25) is 0 Å². The number of nitrogens with one attached hydrogen (secondary N) is 2. The zero-order valence-corrected chi connectivity index (χ0v) is 18.6. The van der Waals surface area contributed by atoms with E-state index in [1.54, 1.807) is 0 Å². The first-order valence-corrected chi connectivity index (χ1v) is 9.59. The lowest BCUT2D eigenvalue weighted by Gasteiger charge is -2.27. The van der Waals surface area contributed by atoms with Gasteiger partial charge < -0.3 is 20.6 Å². The lowest BCUT2D eigenvalue weighted by Crippen LogP contribution is -2.45. The second kappa shape index (κ2) is 12.3. The Balaban J connectivity index is 0.00000338. The number of guanidine groups is 1. The third-order valence-corrected chi connectivity index (χ3v) is 4.70. The summed E-state index contributed by atoms with van der Waals surface area (Å²) in [6, 6.07) is 4.56. The van der Waals surface area contributed by atoms with Gasteiger partial charge in [-0.25, -0.2) is 9.98 Å². The van der Waals surface area contributed by atoms with E-state index in [0.29, 0.717) is 12.6 Å². The third-order valence-electron chi connectivity index (χ3n) is 4.70. The van der Waals surface area contributed by atoms with Crippen LogP contribution in [0.1, 0.15) is 52.0 Å². The molecule has 1 aromatic rings. The van der Waals surface area contributed by atoms with Gasteiger partial charge in [0.25, 0.3) is 0 Å². The third kappa shape index (κ3) is 7.26. The Kier molecular flexibility index (Phi) is 10.9. The van der Waals surface area contributed by atoms with Crippen LogP contribution in [0.15, 0.2) is 23.3 Å². The summed E-state index contributed by atoms with van der Waals surface area (Å²) >= 11 is 0. The van der Waals surface area contributed by atoms with Crippen LogP contribution < -0.4 is 15.5 Å². The van der Waals surface area contributed by atoms with Crippen LogP contribution in [0.5, 0.6) is 0 Å². The summed E-state index contributed by atoms with van der Waals surface area (Å²) in [6.45, 7) is 9.72. The van der Waals surface area contributed by atoms with E-state index >= 15 is 0 Å². The Labute approximate surface area is 174 Å². The molecule has 0 spiro atoms. The minimum Gasteiger partial charge on any atom is -0.393 e. The fraction of sp³-hybridized carbons (Fsp3) is 0.684. The molecule has 148 valence electrons. The van der Waals surface area contributed by atoms with Crippen molar-refractivity contribution >= 4 is 35.8 Å². The first-order valence-electron chi connectivity index (χ1n) is 9.59. The smallest absolute Gasteiger partial charge is 0.191 e.